The first kappa shape index (κ1) is 26.6. The monoisotopic (exact) mass is 541 g/mol. The normalized spacial score (nSPS) is 35.1. The molecule has 7 atom stereocenters. The molecule has 3 heterocycles. The van der Waals surface area contributed by atoms with Gasteiger partial charge in [-0.25, -0.2) is 8.42 Å². The van der Waals surface area contributed by atoms with Crippen molar-refractivity contribution >= 4 is 27.7 Å². The minimum absolute atomic E-state index is 0.0167. The largest absolute Gasteiger partial charge is 0.356 e. The number of nitrogens with one attached hydrogen (secondary N) is 3. The van der Waals surface area contributed by atoms with Crippen LogP contribution in [0, 0.1) is 40.4 Å². The van der Waals surface area contributed by atoms with Crippen LogP contribution in [0.15, 0.2) is 35.2 Å². The van der Waals surface area contributed by atoms with Crippen LogP contribution in [-0.4, -0.2) is 62.3 Å². The fraction of sp³-hybridized carbons (Fsp3) is 0.630. The van der Waals surface area contributed by atoms with E-state index >= 15 is 0 Å². The standard InChI is InChI=1S/C27H35N5O5S/c1-27(2)20-15-32-23(22(20)27)25(34)30-17(13-28)12-19-16(14-29-24(19)33)8-6-7-11-21(26(32)35)31-38(36,37)18-9-4-3-5-10-18/h3-5,9-10,16-17,19-23,31H,6-8,11-12,14-15H2,1-2H3,(H,29,33)(H,30,34)/t16-,17-,19-,20-,21-,22-,23-/m0/s1. The minimum atomic E-state index is -3.97. The lowest BCUT2D eigenvalue weighted by atomic mass is 9.85. The van der Waals surface area contributed by atoms with Crippen molar-refractivity contribution in [2.45, 2.75) is 69.0 Å². The maximum atomic E-state index is 13.9. The topological polar surface area (TPSA) is 148 Å². The van der Waals surface area contributed by atoms with E-state index in [2.05, 4.69) is 35.3 Å². The van der Waals surface area contributed by atoms with Gasteiger partial charge in [-0.1, -0.05) is 44.9 Å². The molecule has 0 spiro atoms. The van der Waals surface area contributed by atoms with Gasteiger partial charge in [0.15, 0.2) is 0 Å². The Morgan fingerprint density at radius 2 is 1.79 bits per heavy atom. The van der Waals surface area contributed by atoms with Crippen LogP contribution in [0.5, 0.6) is 0 Å². The molecule has 3 saturated heterocycles. The lowest BCUT2D eigenvalue weighted by molar-refractivity contribution is -0.142. The number of nitriles is 1. The average molecular weight is 542 g/mol. The number of fused-ring (bicyclic) bond motifs is 4. The molecular formula is C27H35N5O5S. The van der Waals surface area contributed by atoms with E-state index in [0.717, 1.165) is 0 Å². The summed E-state index contributed by atoms with van der Waals surface area (Å²) in [6.45, 7) is 5.00. The van der Waals surface area contributed by atoms with Gasteiger partial charge in [0, 0.05) is 19.0 Å². The quantitative estimate of drug-likeness (QED) is 0.523. The molecule has 0 bridgehead atoms. The number of hydrogen-bond donors (Lipinski definition) is 3. The molecule has 38 heavy (non-hydrogen) atoms. The molecule has 1 aromatic carbocycles. The summed E-state index contributed by atoms with van der Waals surface area (Å²) in [5, 5.41) is 15.5. The maximum Gasteiger partial charge on any atom is 0.244 e. The molecule has 1 aromatic rings. The SMILES string of the molecule is CC1(C)[C@@H]2[C@H]3C(=O)N[C@H](C#N)C[C@@H]4C(=O)NC[C@@H]4CCCC[C@H](NS(=O)(=O)c4ccccc4)C(=O)N3C[C@@H]21. The molecule has 4 aliphatic rings. The first-order valence-corrected chi connectivity index (χ1v) is 14.9. The molecule has 3 N–H and O–H groups in total. The van der Waals surface area contributed by atoms with Crippen LogP contribution in [0.25, 0.3) is 0 Å². The summed E-state index contributed by atoms with van der Waals surface area (Å²) in [4.78, 5) is 41.6. The van der Waals surface area contributed by atoms with Crippen molar-refractivity contribution in [2.75, 3.05) is 13.1 Å². The van der Waals surface area contributed by atoms with Crippen LogP contribution >= 0.6 is 0 Å². The number of sulfonamides is 1. The van der Waals surface area contributed by atoms with E-state index in [9.17, 15) is 28.1 Å². The summed E-state index contributed by atoms with van der Waals surface area (Å²) in [5.74, 6) is -1.24. The summed E-state index contributed by atoms with van der Waals surface area (Å²) in [6, 6.07) is 7.39. The van der Waals surface area contributed by atoms with Gasteiger partial charge in [-0.2, -0.15) is 9.98 Å². The summed E-state index contributed by atoms with van der Waals surface area (Å²) < 4.78 is 29.0. The Labute approximate surface area is 223 Å². The minimum Gasteiger partial charge on any atom is -0.356 e. The molecule has 1 aliphatic carbocycles. The number of nitrogens with zero attached hydrogens (tertiary/aromatic N) is 2. The molecule has 3 aliphatic heterocycles. The summed E-state index contributed by atoms with van der Waals surface area (Å²) in [5.41, 5.74) is -0.137. The van der Waals surface area contributed by atoms with Crippen LogP contribution < -0.4 is 15.4 Å². The van der Waals surface area contributed by atoms with Crippen LogP contribution in [0.3, 0.4) is 0 Å². The maximum absolute atomic E-state index is 13.9. The molecule has 1 saturated carbocycles. The Morgan fingerprint density at radius 3 is 2.50 bits per heavy atom. The van der Waals surface area contributed by atoms with E-state index in [0.29, 0.717) is 32.4 Å². The van der Waals surface area contributed by atoms with Crippen molar-refractivity contribution < 1.29 is 22.8 Å². The Hall–Kier alpha value is -2.97. The van der Waals surface area contributed by atoms with Crippen molar-refractivity contribution in [3.8, 4) is 6.07 Å². The molecule has 0 radical (unpaired) electrons. The van der Waals surface area contributed by atoms with Crippen LogP contribution in [0.1, 0.15) is 46.0 Å². The van der Waals surface area contributed by atoms with Crippen molar-refractivity contribution in [3.63, 3.8) is 0 Å². The van der Waals surface area contributed by atoms with E-state index in [1.54, 1.807) is 18.2 Å². The highest BCUT2D eigenvalue weighted by Gasteiger charge is 2.69. The second-order valence-corrected chi connectivity index (χ2v) is 13.4. The number of benzene rings is 1. The van der Waals surface area contributed by atoms with Gasteiger partial charge >= 0.3 is 0 Å². The molecule has 0 aromatic heterocycles. The summed E-state index contributed by atoms with van der Waals surface area (Å²) >= 11 is 0. The molecule has 0 unspecified atom stereocenters. The zero-order chi connectivity index (χ0) is 27.2. The molecule has 11 heteroatoms. The fourth-order valence-corrected chi connectivity index (χ4v) is 8.08. The van der Waals surface area contributed by atoms with Crippen molar-refractivity contribution in [1.29, 1.82) is 5.26 Å². The predicted octanol–water partition coefficient (Wildman–Crippen LogP) is 1.15. The number of carbonyl (C=O) groups excluding carboxylic acids is 3. The molecule has 3 amide bonds. The molecule has 4 fully saturated rings. The predicted molar refractivity (Wildman–Crippen MR) is 137 cm³/mol. The number of rotatable bonds is 3. The van der Waals surface area contributed by atoms with Gasteiger partial charge in [0.1, 0.15) is 18.1 Å². The zero-order valence-electron chi connectivity index (χ0n) is 21.7. The van der Waals surface area contributed by atoms with Gasteiger partial charge in [-0.3, -0.25) is 14.4 Å². The van der Waals surface area contributed by atoms with E-state index in [1.165, 1.54) is 17.0 Å². The average Bonchev–Trinajstić information content (AvgIpc) is 3.21. The molecule has 5 rings (SSSR count). The first-order chi connectivity index (χ1) is 18.0. The van der Waals surface area contributed by atoms with Gasteiger partial charge in [0.25, 0.3) is 0 Å². The summed E-state index contributed by atoms with van der Waals surface area (Å²) in [6.07, 6.45) is 2.51. The van der Waals surface area contributed by atoms with E-state index in [4.69, 9.17) is 0 Å². The third-order valence-corrected chi connectivity index (χ3v) is 10.6. The lowest BCUT2D eigenvalue weighted by Gasteiger charge is -2.34. The second-order valence-electron chi connectivity index (χ2n) is 11.7. The highest BCUT2D eigenvalue weighted by molar-refractivity contribution is 7.89. The van der Waals surface area contributed by atoms with E-state index in [-0.39, 0.29) is 52.7 Å². The zero-order valence-corrected chi connectivity index (χ0v) is 22.5. The van der Waals surface area contributed by atoms with Gasteiger partial charge < -0.3 is 15.5 Å². The Bertz CT molecular complexity index is 1260. The van der Waals surface area contributed by atoms with Crippen molar-refractivity contribution in [2.24, 2.45) is 29.1 Å². The highest BCUT2D eigenvalue weighted by Crippen LogP contribution is 2.65. The Morgan fingerprint density at radius 1 is 1.08 bits per heavy atom. The number of carbonyl (C=O) groups is 3. The number of piperidine rings is 1. The lowest BCUT2D eigenvalue weighted by Crippen LogP contribution is -2.57. The molecule has 10 nitrogen and oxygen atoms in total. The number of amides is 3. The highest BCUT2D eigenvalue weighted by atomic mass is 32.2. The third kappa shape index (κ3) is 4.80. The van der Waals surface area contributed by atoms with E-state index in [1.807, 2.05) is 0 Å². The van der Waals surface area contributed by atoms with Gasteiger partial charge in [0.2, 0.25) is 27.7 Å². The van der Waals surface area contributed by atoms with Crippen molar-refractivity contribution in [1.82, 2.24) is 20.3 Å². The Balaban J connectivity index is 1.45. The third-order valence-electron chi connectivity index (χ3n) is 9.13. The van der Waals surface area contributed by atoms with Crippen LogP contribution in [0.4, 0.5) is 0 Å². The first-order valence-electron chi connectivity index (χ1n) is 13.4. The summed E-state index contributed by atoms with van der Waals surface area (Å²) in [7, 11) is -3.97. The van der Waals surface area contributed by atoms with Gasteiger partial charge in [-0.15, -0.1) is 0 Å². The molecular weight excluding hydrogens is 506 g/mol. The van der Waals surface area contributed by atoms with Crippen LogP contribution in [-0.2, 0) is 24.4 Å². The van der Waals surface area contributed by atoms with Gasteiger partial charge in [-0.05, 0) is 54.6 Å². The second kappa shape index (κ2) is 9.97. The number of hydrogen-bond acceptors (Lipinski definition) is 6. The van der Waals surface area contributed by atoms with Crippen LogP contribution in [0.2, 0.25) is 0 Å². The smallest absolute Gasteiger partial charge is 0.244 e. The Kier molecular flexibility index (Phi) is 6.99. The van der Waals surface area contributed by atoms with E-state index < -0.39 is 40.0 Å². The van der Waals surface area contributed by atoms with Gasteiger partial charge in [0.05, 0.1) is 11.0 Å². The van der Waals surface area contributed by atoms with Crippen molar-refractivity contribution in [3.05, 3.63) is 30.3 Å². The fourth-order valence-electron chi connectivity index (χ4n) is 6.83. The molecule has 204 valence electrons.